The second kappa shape index (κ2) is 3.94. The highest BCUT2D eigenvalue weighted by atomic mass is 16.3. The fraction of sp³-hybridized carbons (Fsp3) is 1.00. The molecule has 1 aliphatic rings. The molecule has 0 aliphatic carbocycles. The molecule has 2 nitrogen and oxygen atoms in total. The van der Waals surface area contributed by atoms with E-state index in [2.05, 4.69) is 11.8 Å². The van der Waals surface area contributed by atoms with Gasteiger partial charge in [0.15, 0.2) is 0 Å². The molecule has 10 heavy (non-hydrogen) atoms. The minimum Gasteiger partial charge on any atom is -0.395 e. The largest absolute Gasteiger partial charge is 0.395 e. The molecule has 0 aromatic rings. The molecule has 1 heterocycles. The summed E-state index contributed by atoms with van der Waals surface area (Å²) < 4.78 is 0. The van der Waals surface area contributed by atoms with Crippen LogP contribution in [0.1, 0.15) is 26.2 Å². The van der Waals surface area contributed by atoms with Gasteiger partial charge in [-0.25, -0.2) is 0 Å². The number of nitrogens with zero attached hydrogens (tertiary/aromatic N) is 1. The fourth-order valence-corrected chi connectivity index (χ4v) is 1.61. The molecule has 0 bridgehead atoms. The fourth-order valence-electron chi connectivity index (χ4n) is 1.61. The van der Waals surface area contributed by atoms with Crippen molar-refractivity contribution in [1.29, 1.82) is 0 Å². The second-order valence-corrected chi connectivity index (χ2v) is 2.99. The minimum absolute atomic E-state index is 0.330. The number of hydrogen-bond donors (Lipinski definition) is 1. The highest BCUT2D eigenvalue weighted by Crippen LogP contribution is 2.12. The maximum Gasteiger partial charge on any atom is 0.0586 e. The number of likely N-dealkylation sites (tertiary alicyclic amines) is 1. The molecule has 1 atom stereocenters. The van der Waals surface area contributed by atoms with Crippen molar-refractivity contribution in [1.82, 2.24) is 4.90 Å². The monoisotopic (exact) mass is 143 g/mol. The van der Waals surface area contributed by atoms with E-state index in [0.29, 0.717) is 12.6 Å². The van der Waals surface area contributed by atoms with Crippen molar-refractivity contribution in [3.05, 3.63) is 0 Å². The topological polar surface area (TPSA) is 23.5 Å². The lowest BCUT2D eigenvalue weighted by Crippen LogP contribution is -2.34. The van der Waals surface area contributed by atoms with E-state index in [1.807, 2.05) is 0 Å². The number of rotatable bonds is 3. The average molecular weight is 143 g/mol. The molecule has 1 rings (SSSR count). The Hall–Kier alpha value is -0.0800. The third kappa shape index (κ3) is 1.70. The molecule has 60 valence electrons. The van der Waals surface area contributed by atoms with Gasteiger partial charge >= 0.3 is 0 Å². The zero-order valence-electron chi connectivity index (χ0n) is 6.71. The molecule has 0 aromatic carbocycles. The molecule has 1 saturated heterocycles. The van der Waals surface area contributed by atoms with E-state index in [-0.39, 0.29) is 0 Å². The van der Waals surface area contributed by atoms with Crippen molar-refractivity contribution in [3.63, 3.8) is 0 Å². The summed E-state index contributed by atoms with van der Waals surface area (Å²) in [6, 6.07) is 0.433. The summed E-state index contributed by atoms with van der Waals surface area (Å²) in [4.78, 5) is 2.39. The van der Waals surface area contributed by atoms with Crippen LogP contribution in [0, 0.1) is 0 Å². The second-order valence-electron chi connectivity index (χ2n) is 2.99. The van der Waals surface area contributed by atoms with Crippen LogP contribution in [0.4, 0.5) is 0 Å². The van der Waals surface area contributed by atoms with Crippen LogP contribution >= 0.6 is 0 Å². The van der Waals surface area contributed by atoms with Crippen molar-refractivity contribution in [2.45, 2.75) is 32.2 Å². The molecular weight excluding hydrogens is 126 g/mol. The molecule has 2 heteroatoms. The first kappa shape index (κ1) is 8.02. The average Bonchev–Trinajstić information content (AvgIpc) is 2.43. The van der Waals surface area contributed by atoms with Crippen LogP contribution in [0.3, 0.4) is 0 Å². The number of aliphatic hydroxyl groups is 1. The molecule has 0 aromatic heterocycles. The van der Waals surface area contributed by atoms with Gasteiger partial charge in [-0.3, -0.25) is 4.90 Å². The summed E-state index contributed by atoms with van der Waals surface area (Å²) in [5.41, 5.74) is 0. The van der Waals surface area contributed by atoms with Crippen molar-refractivity contribution in [2.24, 2.45) is 0 Å². The predicted octanol–water partition coefficient (Wildman–Crippen LogP) is 0.853. The van der Waals surface area contributed by atoms with Gasteiger partial charge in [0, 0.05) is 6.04 Å². The Kier molecular flexibility index (Phi) is 3.16. The van der Waals surface area contributed by atoms with Crippen LogP contribution < -0.4 is 0 Å². The van der Waals surface area contributed by atoms with Crippen LogP contribution in [0.5, 0.6) is 0 Å². The third-order valence-corrected chi connectivity index (χ3v) is 2.34. The van der Waals surface area contributed by atoms with Crippen molar-refractivity contribution >= 4 is 0 Å². The van der Waals surface area contributed by atoms with E-state index in [9.17, 15) is 0 Å². The maximum atomic E-state index is 8.94. The first-order valence-electron chi connectivity index (χ1n) is 4.23. The first-order chi connectivity index (χ1) is 4.88. The standard InChI is InChI=1S/C8H17NO/c1-2-8(7-10)9-5-3-4-6-9/h8,10H,2-7H2,1H3. The molecule has 1 N–H and O–H groups in total. The van der Waals surface area contributed by atoms with Crippen LogP contribution in [-0.4, -0.2) is 35.7 Å². The molecule has 1 unspecified atom stereocenters. The van der Waals surface area contributed by atoms with E-state index in [1.165, 1.54) is 25.9 Å². The molecule has 0 radical (unpaired) electrons. The Morgan fingerprint density at radius 3 is 2.40 bits per heavy atom. The molecule has 0 saturated carbocycles. The zero-order chi connectivity index (χ0) is 7.40. The Bertz CT molecular complexity index is 85.3. The highest BCUT2D eigenvalue weighted by Gasteiger charge is 2.18. The summed E-state index contributed by atoms with van der Waals surface area (Å²) >= 11 is 0. The Labute approximate surface area is 62.8 Å². The van der Waals surface area contributed by atoms with E-state index < -0.39 is 0 Å². The van der Waals surface area contributed by atoms with Crippen LogP contribution in [0.2, 0.25) is 0 Å². The lowest BCUT2D eigenvalue weighted by molar-refractivity contribution is 0.142. The van der Waals surface area contributed by atoms with Gasteiger partial charge in [0.25, 0.3) is 0 Å². The van der Waals surface area contributed by atoms with E-state index in [4.69, 9.17) is 5.11 Å². The summed E-state index contributed by atoms with van der Waals surface area (Å²) in [7, 11) is 0. The molecule has 1 aliphatic heterocycles. The number of hydrogen-bond acceptors (Lipinski definition) is 2. The van der Waals surface area contributed by atoms with Gasteiger partial charge < -0.3 is 5.11 Å². The molecule has 1 fully saturated rings. The normalized spacial score (nSPS) is 23.4. The van der Waals surface area contributed by atoms with Gasteiger partial charge in [0.05, 0.1) is 6.61 Å². The van der Waals surface area contributed by atoms with Crippen molar-refractivity contribution < 1.29 is 5.11 Å². The van der Waals surface area contributed by atoms with Gasteiger partial charge in [0.1, 0.15) is 0 Å². The van der Waals surface area contributed by atoms with Crippen LogP contribution in [-0.2, 0) is 0 Å². The molecule has 0 spiro atoms. The van der Waals surface area contributed by atoms with Gasteiger partial charge in [-0.05, 0) is 32.4 Å². The summed E-state index contributed by atoms with van der Waals surface area (Å²) in [5.74, 6) is 0. The smallest absolute Gasteiger partial charge is 0.0586 e. The zero-order valence-corrected chi connectivity index (χ0v) is 6.71. The van der Waals surface area contributed by atoms with E-state index in [1.54, 1.807) is 0 Å². The molecule has 0 amide bonds. The highest BCUT2D eigenvalue weighted by molar-refractivity contribution is 4.74. The third-order valence-electron chi connectivity index (χ3n) is 2.34. The van der Waals surface area contributed by atoms with Crippen LogP contribution in [0.25, 0.3) is 0 Å². The Morgan fingerprint density at radius 1 is 1.40 bits per heavy atom. The Morgan fingerprint density at radius 2 is 2.00 bits per heavy atom. The quantitative estimate of drug-likeness (QED) is 0.633. The van der Waals surface area contributed by atoms with Crippen LogP contribution in [0.15, 0.2) is 0 Å². The Balaban J connectivity index is 2.29. The molecular formula is C8H17NO. The first-order valence-corrected chi connectivity index (χ1v) is 4.23. The lowest BCUT2D eigenvalue weighted by atomic mass is 10.2. The van der Waals surface area contributed by atoms with Gasteiger partial charge in [-0.15, -0.1) is 0 Å². The summed E-state index contributed by atoms with van der Waals surface area (Å²) in [6.07, 6.45) is 3.71. The SMILES string of the molecule is CCC(CO)N1CCCC1. The van der Waals surface area contributed by atoms with Crippen molar-refractivity contribution in [3.8, 4) is 0 Å². The summed E-state index contributed by atoms with van der Waals surface area (Å²) in [5, 5.41) is 8.94. The predicted molar refractivity (Wildman–Crippen MR) is 42.0 cm³/mol. The maximum absolute atomic E-state index is 8.94. The van der Waals surface area contributed by atoms with Crippen molar-refractivity contribution in [2.75, 3.05) is 19.7 Å². The van der Waals surface area contributed by atoms with E-state index >= 15 is 0 Å². The van der Waals surface area contributed by atoms with Gasteiger partial charge in [-0.1, -0.05) is 6.92 Å². The van der Waals surface area contributed by atoms with E-state index in [0.717, 1.165) is 6.42 Å². The minimum atomic E-state index is 0.330. The number of aliphatic hydroxyl groups excluding tert-OH is 1. The van der Waals surface area contributed by atoms with Gasteiger partial charge in [-0.2, -0.15) is 0 Å². The summed E-state index contributed by atoms with van der Waals surface area (Å²) in [6.45, 7) is 4.86. The lowest BCUT2D eigenvalue weighted by Gasteiger charge is -2.23. The van der Waals surface area contributed by atoms with Gasteiger partial charge in [0.2, 0.25) is 0 Å².